The Kier molecular flexibility index (Phi) is 11.4. The van der Waals surface area contributed by atoms with Crippen LogP contribution in [0.4, 0.5) is 5.95 Å². The molecule has 4 nitrogen and oxygen atoms in total. The van der Waals surface area contributed by atoms with Crippen LogP contribution in [0.5, 0.6) is 0 Å². The van der Waals surface area contributed by atoms with Gasteiger partial charge in [0.2, 0.25) is 16.5 Å². The molecular weight excluding hydrogens is 355 g/mol. The Morgan fingerprint density at radius 1 is 0.760 bits per heavy atom. The van der Waals surface area contributed by atoms with Crippen molar-refractivity contribution in [3.63, 3.8) is 0 Å². The molecule has 0 saturated heterocycles. The average Bonchev–Trinajstić information content (AvgIpc) is 2.59. The third-order valence-electron chi connectivity index (χ3n) is 4.90. The molecule has 0 radical (unpaired) electrons. The van der Waals surface area contributed by atoms with Crippen molar-refractivity contribution in [2.75, 3.05) is 18.0 Å². The number of halogens is 2. The van der Waals surface area contributed by atoms with Crippen LogP contribution in [0, 0.1) is 11.8 Å². The molecule has 0 aromatic carbocycles. The van der Waals surface area contributed by atoms with Crippen molar-refractivity contribution in [2.45, 2.75) is 79.1 Å². The minimum Gasteiger partial charge on any atom is -0.340 e. The topological polar surface area (TPSA) is 41.9 Å². The summed E-state index contributed by atoms with van der Waals surface area (Å²) in [4.78, 5) is 14.9. The Bertz CT molecular complexity index is 446. The number of rotatable bonds is 13. The average molecular weight is 389 g/mol. The first-order valence-electron chi connectivity index (χ1n) is 9.85. The van der Waals surface area contributed by atoms with Crippen molar-refractivity contribution in [3.05, 3.63) is 10.6 Å². The lowest BCUT2D eigenvalue weighted by Crippen LogP contribution is -2.35. The highest BCUT2D eigenvalue weighted by Crippen LogP contribution is 2.23. The highest BCUT2D eigenvalue weighted by Gasteiger charge is 2.20. The molecule has 0 saturated carbocycles. The van der Waals surface area contributed by atoms with Crippen LogP contribution in [-0.4, -0.2) is 28.0 Å². The lowest BCUT2D eigenvalue weighted by Gasteiger charge is -2.30. The minimum absolute atomic E-state index is 0.170. The summed E-state index contributed by atoms with van der Waals surface area (Å²) in [5.41, 5.74) is 0. The number of aromatic nitrogens is 3. The first kappa shape index (κ1) is 22.4. The summed E-state index contributed by atoms with van der Waals surface area (Å²) < 4.78 is 0. The molecule has 144 valence electrons. The number of hydrogen-bond acceptors (Lipinski definition) is 4. The van der Waals surface area contributed by atoms with Gasteiger partial charge in [0.05, 0.1) is 0 Å². The Balaban J connectivity index is 2.95. The minimum atomic E-state index is 0.170. The Hall–Kier alpha value is -0.610. The van der Waals surface area contributed by atoms with Gasteiger partial charge in [-0.05, 0) is 47.9 Å². The van der Waals surface area contributed by atoms with E-state index in [4.69, 9.17) is 23.2 Å². The first-order chi connectivity index (χ1) is 12.0. The number of nitrogens with zero attached hydrogens (tertiary/aromatic N) is 4. The molecule has 0 unspecified atom stereocenters. The van der Waals surface area contributed by atoms with Crippen molar-refractivity contribution in [3.8, 4) is 0 Å². The normalized spacial score (nSPS) is 13.7. The molecule has 0 N–H and O–H groups in total. The SMILES string of the molecule is CCCC[C@H](CC)CN(C[C@@H](CC)CCCC)c1nc(Cl)nc(Cl)n1. The quantitative estimate of drug-likeness (QED) is 0.390. The molecule has 0 aliphatic rings. The molecule has 1 rings (SSSR count). The number of unbranched alkanes of at least 4 members (excludes halogenated alkanes) is 2. The van der Waals surface area contributed by atoms with Crippen molar-refractivity contribution >= 4 is 29.2 Å². The van der Waals surface area contributed by atoms with Crippen molar-refractivity contribution in [1.82, 2.24) is 15.0 Å². The van der Waals surface area contributed by atoms with Crippen LogP contribution in [0.15, 0.2) is 0 Å². The molecule has 1 aromatic heterocycles. The highest BCUT2D eigenvalue weighted by atomic mass is 35.5. The van der Waals surface area contributed by atoms with E-state index in [1.54, 1.807) is 0 Å². The van der Waals surface area contributed by atoms with Crippen LogP contribution in [0.2, 0.25) is 10.6 Å². The third-order valence-corrected chi connectivity index (χ3v) is 5.23. The molecule has 1 aromatic rings. The molecule has 0 aliphatic heterocycles. The molecule has 6 heteroatoms. The Morgan fingerprint density at radius 2 is 1.20 bits per heavy atom. The van der Waals surface area contributed by atoms with Gasteiger partial charge in [0.15, 0.2) is 0 Å². The van der Waals surface area contributed by atoms with Gasteiger partial charge in [-0.1, -0.05) is 66.2 Å². The Labute approximate surface area is 163 Å². The first-order valence-corrected chi connectivity index (χ1v) is 10.6. The summed E-state index contributed by atoms with van der Waals surface area (Å²) in [6, 6.07) is 0. The maximum Gasteiger partial charge on any atom is 0.230 e. The maximum absolute atomic E-state index is 6.03. The van der Waals surface area contributed by atoms with Crippen LogP contribution in [-0.2, 0) is 0 Å². The molecule has 0 aliphatic carbocycles. The summed E-state index contributed by atoms with van der Waals surface area (Å²) in [5, 5.41) is 0.339. The fraction of sp³-hybridized carbons (Fsp3) is 0.842. The van der Waals surface area contributed by atoms with Crippen LogP contribution in [0.25, 0.3) is 0 Å². The van der Waals surface area contributed by atoms with Gasteiger partial charge in [0.25, 0.3) is 0 Å². The van der Waals surface area contributed by atoms with Gasteiger partial charge in [0, 0.05) is 13.1 Å². The van der Waals surface area contributed by atoms with Gasteiger partial charge in [-0.2, -0.15) is 15.0 Å². The van der Waals surface area contributed by atoms with Crippen molar-refractivity contribution in [2.24, 2.45) is 11.8 Å². The second-order valence-electron chi connectivity index (χ2n) is 6.91. The zero-order valence-electron chi connectivity index (χ0n) is 16.3. The van der Waals surface area contributed by atoms with Gasteiger partial charge < -0.3 is 4.90 Å². The van der Waals surface area contributed by atoms with Crippen molar-refractivity contribution in [1.29, 1.82) is 0 Å². The van der Waals surface area contributed by atoms with Crippen LogP contribution in [0.3, 0.4) is 0 Å². The van der Waals surface area contributed by atoms with Crippen LogP contribution < -0.4 is 4.90 Å². The maximum atomic E-state index is 6.03. The van der Waals surface area contributed by atoms with E-state index in [2.05, 4.69) is 47.5 Å². The zero-order chi connectivity index (χ0) is 18.7. The summed E-state index contributed by atoms with van der Waals surface area (Å²) in [6.07, 6.45) is 9.78. The van der Waals surface area contributed by atoms with E-state index in [-0.39, 0.29) is 10.6 Å². The summed E-state index contributed by atoms with van der Waals surface area (Å²) >= 11 is 12.1. The zero-order valence-corrected chi connectivity index (χ0v) is 17.8. The predicted molar refractivity (Wildman–Crippen MR) is 109 cm³/mol. The molecule has 2 atom stereocenters. The van der Waals surface area contributed by atoms with E-state index in [1.807, 2.05) is 0 Å². The second-order valence-corrected chi connectivity index (χ2v) is 7.59. The molecule has 1 heterocycles. The molecule has 0 amide bonds. The monoisotopic (exact) mass is 388 g/mol. The van der Waals surface area contributed by atoms with E-state index in [1.165, 1.54) is 38.5 Å². The summed E-state index contributed by atoms with van der Waals surface area (Å²) in [5.74, 6) is 1.89. The summed E-state index contributed by atoms with van der Waals surface area (Å²) in [7, 11) is 0. The van der Waals surface area contributed by atoms with Gasteiger partial charge >= 0.3 is 0 Å². The van der Waals surface area contributed by atoms with E-state index < -0.39 is 0 Å². The molecule has 0 fully saturated rings. The number of anilines is 1. The van der Waals surface area contributed by atoms with Gasteiger partial charge in [0.1, 0.15) is 0 Å². The standard InChI is InChI=1S/C19H34Cl2N4/c1-5-9-11-15(7-3)13-25(14-16(8-4)12-10-6-2)19-23-17(20)22-18(21)24-19/h15-16H,5-14H2,1-4H3/t15-,16-/m0/s1. The molecule has 0 spiro atoms. The van der Waals surface area contributed by atoms with Crippen LogP contribution in [0.1, 0.15) is 79.1 Å². The van der Waals surface area contributed by atoms with E-state index >= 15 is 0 Å². The van der Waals surface area contributed by atoms with E-state index in [0.29, 0.717) is 17.8 Å². The Morgan fingerprint density at radius 3 is 1.56 bits per heavy atom. The smallest absolute Gasteiger partial charge is 0.230 e. The fourth-order valence-electron chi connectivity index (χ4n) is 3.15. The third kappa shape index (κ3) is 8.54. The lowest BCUT2D eigenvalue weighted by atomic mass is 9.96. The highest BCUT2D eigenvalue weighted by molar-refractivity contribution is 6.31. The predicted octanol–water partition coefficient (Wildman–Crippen LogP) is 6.42. The fourth-order valence-corrected chi connectivity index (χ4v) is 3.51. The van der Waals surface area contributed by atoms with Gasteiger partial charge in [-0.25, -0.2) is 0 Å². The van der Waals surface area contributed by atoms with Crippen molar-refractivity contribution < 1.29 is 0 Å². The molecule has 0 bridgehead atoms. The number of hydrogen-bond donors (Lipinski definition) is 0. The lowest BCUT2D eigenvalue weighted by molar-refractivity contribution is 0.400. The largest absolute Gasteiger partial charge is 0.340 e. The van der Waals surface area contributed by atoms with E-state index in [9.17, 15) is 0 Å². The molecular formula is C19H34Cl2N4. The van der Waals surface area contributed by atoms with E-state index in [0.717, 1.165) is 25.9 Å². The van der Waals surface area contributed by atoms with Gasteiger partial charge in [-0.15, -0.1) is 0 Å². The molecule has 25 heavy (non-hydrogen) atoms. The summed E-state index contributed by atoms with van der Waals surface area (Å²) in [6.45, 7) is 10.9. The van der Waals surface area contributed by atoms with Gasteiger partial charge in [-0.3, -0.25) is 0 Å². The second kappa shape index (κ2) is 12.7. The van der Waals surface area contributed by atoms with Crippen LogP contribution >= 0.6 is 23.2 Å².